The molecule has 0 aliphatic heterocycles. The third-order valence-electron chi connectivity index (χ3n) is 5.33. The second-order valence-corrected chi connectivity index (χ2v) is 9.45. The molecular formula is C26H38Cl3NO. The van der Waals surface area contributed by atoms with Crippen LogP contribution in [0.1, 0.15) is 84.7 Å². The molecule has 0 aliphatic carbocycles. The zero-order valence-corrected chi connectivity index (χ0v) is 21.9. The highest BCUT2D eigenvalue weighted by molar-refractivity contribution is 6.35. The third-order valence-corrected chi connectivity index (χ3v) is 6.25. The van der Waals surface area contributed by atoms with Crippen LogP contribution in [0.25, 0.3) is 0 Å². The first-order valence-electron chi connectivity index (χ1n) is 11.3. The molecule has 0 aliphatic rings. The molecule has 1 N–H and O–H groups in total. The van der Waals surface area contributed by atoms with Crippen molar-refractivity contribution in [2.45, 2.75) is 91.4 Å². The van der Waals surface area contributed by atoms with Gasteiger partial charge in [-0.25, -0.2) is 0 Å². The molecule has 0 saturated carbocycles. The summed E-state index contributed by atoms with van der Waals surface area (Å²) in [7, 11) is 0. The number of hydrogen-bond donors (Lipinski definition) is 1. The maximum Gasteiger partial charge on any atom is 0.0631 e. The van der Waals surface area contributed by atoms with Gasteiger partial charge in [-0.05, 0) is 76.6 Å². The molecule has 5 heteroatoms. The third kappa shape index (κ3) is 11.0. The van der Waals surface area contributed by atoms with Crippen molar-refractivity contribution < 1.29 is 4.74 Å². The topological polar surface area (TPSA) is 21.3 Å². The first-order valence-corrected chi connectivity index (χ1v) is 12.4. The fraction of sp³-hybridized carbons (Fsp3) is 0.538. The van der Waals surface area contributed by atoms with Gasteiger partial charge in [-0.15, -0.1) is 0 Å². The minimum atomic E-state index is -0.0366. The van der Waals surface area contributed by atoms with E-state index in [0.717, 1.165) is 44.1 Å². The number of rotatable bonds is 14. The lowest BCUT2D eigenvalue weighted by atomic mass is 10.0. The highest BCUT2D eigenvalue weighted by Crippen LogP contribution is 2.27. The number of benzene rings is 1. The molecule has 0 amide bonds. The number of halogens is 3. The van der Waals surface area contributed by atoms with E-state index >= 15 is 0 Å². The smallest absolute Gasteiger partial charge is 0.0631 e. The van der Waals surface area contributed by atoms with Gasteiger partial charge in [-0.2, -0.15) is 0 Å². The Morgan fingerprint density at radius 3 is 2.48 bits per heavy atom. The van der Waals surface area contributed by atoms with E-state index in [9.17, 15) is 0 Å². The summed E-state index contributed by atoms with van der Waals surface area (Å²) in [5, 5.41) is 5.13. The molecule has 0 spiro atoms. The van der Waals surface area contributed by atoms with Gasteiger partial charge in [0.15, 0.2) is 0 Å². The molecular weight excluding hydrogens is 449 g/mol. The lowest BCUT2D eigenvalue weighted by Crippen LogP contribution is -2.19. The van der Waals surface area contributed by atoms with Crippen molar-refractivity contribution in [3.05, 3.63) is 68.8 Å². The SMILES string of the molecule is C=C(NC(C)c1ccc(Cl)cc1Cl)/C(Cl)=C\C=C(/C)CCCC(CCC)OC(C)CC. The summed E-state index contributed by atoms with van der Waals surface area (Å²) in [4.78, 5) is 0. The van der Waals surface area contributed by atoms with Gasteiger partial charge in [0.2, 0.25) is 0 Å². The fourth-order valence-corrected chi connectivity index (χ4v) is 3.99. The summed E-state index contributed by atoms with van der Waals surface area (Å²) in [5.74, 6) is 0. The van der Waals surface area contributed by atoms with Crippen molar-refractivity contribution in [2.24, 2.45) is 0 Å². The minimum Gasteiger partial charge on any atom is -0.378 e. The van der Waals surface area contributed by atoms with Crippen LogP contribution >= 0.6 is 34.8 Å². The first kappa shape index (κ1) is 28.1. The van der Waals surface area contributed by atoms with E-state index in [0.29, 0.717) is 33.0 Å². The summed E-state index contributed by atoms with van der Waals surface area (Å²) in [6.07, 6.45) is 11.2. The Labute approximate surface area is 204 Å². The van der Waals surface area contributed by atoms with Gasteiger partial charge in [-0.3, -0.25) is 0 Å². The van der Waals surface area contributed by atoms with Gasteiger partial charge in [0.05, 0.1) is 23.3 Å². The predicted octanol–water partition coefficient (Wildman–Crippen LogP) is 9.38. The molecule has 3 unspecified atom stereocenters. The molecule has 0 heterocycles. The van der Waals surface area contributed by atoms with Gasteiger partial charge < -0.3 is 10.1 Å². The standard InChI is InChI=1S/C26H38Cl3NO/c1-7-10-23(31-19(4)8-2)12-9-11-18(3)13-16-25(28)21(6)30-20(5)24-15-14-22(27)17-26(24)29/h13-17,19-20,23,30H,6-12H2,1-5H3/b18-13+,25-16+. The molecule has 0 radical (unpaired) electrons. The molecule has 3 atom stereocenters. The summed E-state index contributed by atoms with van der Waals surface area (Å²) in [5.41, 5.74) is 2.90. The highest BCUT2D eigenvalue weighted by Gasteiger charge is 2.13. The monoisotopic (exact) mass is 485 g/mol. The Kier molecular flexibility index (Phi) is 13.6. The fourth-order valence-electron chi connectivity index (χ4n) is 3.30. The van der Waals surface area contributed by atoms with Crippen molar-refractivity contribution in [1.82, 2.24) is 5.32 Å². The summed E-state index contributed by atoms with van der Waals surface area (Å²) in [6, 6.07) is 5.44. The normalized spacial score (nSPS) is 15.5. The van der Waals surface area contributed by atoms with Crippen LogP contribution in [0.5, 0.6) is 0 Å². The average Bonchev–Trinajstić information content (AvgIpc) is 2.71. The second-order valence-electron chi connectivity index (χ2n) is 8.20. The van der Waals surface area contributed by atoms with Crippen molar-refractivity contribution in [3.63, 3.8) is 0 Å². The van der Waals surface area contributed by atoms with Crippen LogP contribution in [0.2, 0.25) is 10.0 Å². The second kappa shape index (κ2) is 15.0. The van der Waals surface area contributed by atoms with Gasteiger partial charge >= 0.3 is 0 Å². The van der Waals surface area contributed by atoms with E-state index < -0.39 is 0 Å². The van der Waals surface area contributed by atoms with Crippen LogP contribution in [0.3, 0.4) is 0 Å². The van der Waals surface area contributed by atoms with Crippen LogP contribution in [-0.2, 0) is 4.74 Å². The maximum absolute atomic E-state index is 6.45. The first-order chi connectivity index (χ1) is 14.7. The Balaban J connectivity index is 2.56. The van der Waals surface area contributed by atoms with Crippen LogP contribution in [-0.4, -0.2) is 12.2 Å². The van der Waals surface area contributed by atoms with E-state index in [1.807, 2.05) is 25.1 Å². The van der Waals surface area contributed by atoms with Gasteiger partial charge in [0.25, 0.3) is 0 Å². The molecule has 174 valence electrons. The zero-order valence-electron chi connectivity index (χ0n) is 19.6. The summed E-state index contributed by atoms with van der Waals surface area (Å²) < 4.78 is 6.15. The molecule has 1 aromatic rings. The predicted molar refractivity (Wildman–Crippen MR) is 138 cm³/mol. The van der Waals surface area contributed by atoms with Crippen molar-refractivity contribution in [3.8, 4) is 0 Å². The molecule has 0 aromatic heterocycles. The van der Waals surface area contributed by atoms with Crippen LogP contribution < -0.4 is 5.32 Å². The molecule has 31 heavy (non-hydrogen) atoms. The largest absolute Gasteiger partial charge is 0.378 e. The molecule has 1 aromatic carbocycles. The Bertz CT molecular complexity index is 757. The maximum atomic E-state index is 6.45. The van der Waals surface area contributed by atoms with Crippen molar-refractivity contribution >= 4 is 34.8 Å². The van der Waals surface area contributed by atoms with Crippen LogP contribution in [0.15, 0.2) is 53.2 Å². The quantitative estimate of drug-likeness (QED) is 0.264. The van der Waals surface area contributed by atoms with E-state index in [-0.39, 0.29) is 6.04 Å². The van der Waals surface area contributed by atoms with E-state index in [1.54, 1.807) is 6.07 Å². The van der Waals surface area contributed by atoms with Gasteiger partial charge in [0.1, 0.15) is 0 Å². The number of allylic oxidation sites excluding steroid dienone is 4. The van der Waals surface area contributed by atoms with Gasteiger partial charge in [-0.1, -0.05) is 79.4 Å². The molecule has 0 fully saturated rings. The van der Waals surface area contributed by atoms with E-state index in [1.165, 1.54) is 5.57 Å². The Hall–Kier alpha value is -0.930. The molecule has 0 saturated heterocycles. The van der Waals surface area contributed by atoms with Crippen molar-refractivity contribution in [1.29, 1.82) is 0 Å². The Morgan fingerprint density at radius 2 is 1.87 bits per heavy atom. The summed E-state index contributed by atoms with van der Waals surface area (Å²) in [6.45, 7) is 14.8. The average molecular weight is 487 g/mol. The van der Waals surface area contributed by atoms with Crippen molar-refractivity contribution in [2.75, 3.05) is 0 Å². The van der Waals surface area contributed by atoms with Crippen LogP contribution in [0.4, 0.5) is 0 Å². The minimum absolute atomic E-state index is 0.0366. The van der Waals surface area contributed by atoms with Crippen LogP contribution in [0, 0.1) is 0 Å². The molecule has 2 nitrogen and oxygen atoms in total. The van der Waals surface area contributed by atoms with E-state index in [4.69, 9.17) is 39.5 Å². The lowest BCUT2D eigenvalue weighted by molar-refractivity contribution is -0.0135. The number of ether oxygens (including phenoxy) is 1. The van der Waals surface area contributed by atoms with E-state index in [2.05, 4.69) is 45.7 Å². The highest BCUT2D eigenvalue weighted by atomic mass is 35.5. The Morgan fingerprint density at radius 1 is 1.16 bits per heavy atom. The lowest BCUT2D eigenvalue weighted by Gasteiger charge is -2.21. The summed E-state index contributed by atoms with van der Waals surface area (Å²) >= 11 is 18.7. The zero-order chi connectivity index (χ0) is 23.4. The molecule has 1 rings (SSSR count). The molecule has 0 bridgehead atoms. The van der Waals surface area contributed by atoms with Gasteiger partial charge in [0, 0.05) is 15.7 Å². The number of nitrogens with one attached hydrogen (secondary N) is 1. The number of hydrogen-bond acceptors (Lipinski definition) is 2.